The van der Waals surface area contributed by atoms with Crippen LogP contribution >= 0.6 is 0 Å². The highest BCUT2D eigenvalue weighted by atomic mass is 16.5. The summed E-state index contributed by atoms with van der Waals surface area (Å²) in [7, 11) is 0. The third-order valence-electron chi connectivity index (χ3n) is 4.30. The first-order valence-electron chi connectivity index (χ1n) is 7.65. The van der Waals surface area contributed by atoms with Crippen LogP contribution in [0.25, 0.3) is 0 Å². The van der Waals surface area contributed by atoms with E-state index in [4.69, 9.17) is 4.74 Å². The highest BCUT2D eigenvalue weighted by Gasteiger charge is 2.47. The number of hydrogen-bond acceptors (Lipinski definition) is 2. The van der Waals surface area contributed by atoms with E-state index < -0.39 is 0 Å². The molecule has 0 heterocycles. The number of benzene rings is 1. The van der Waals surface area contributed by atoms with Gasteiger partial charge in [-0.05, 0) is 49.1 Å². The molecule has 1 amide bonds. The number of nitrogens with one attached hydrogen (secondary N) is 1. The van der Waals surface area contributed by atoms with Crippen molar-refractivity contribution in [3.05, 3.63) is 24.3 Å². The van der Waals surface area contributed by atoms with E-state index in [1.807, 2.05) is 24.3 Å². The van der Waals surface area contributed by atoms with Gasteiger partial charge >= 0.3 is 0 Å². The minimum absolute atomic E-state index is 0.179. The fourth-order valence-corrected chi connectivity index (χ4v) is 3.10. The average Bonchev–Trinajstić information content (AvgIpc) is 3.03. The Morgan fingerprint density at radius 2 is 2.05 bits per heavy atom. The maximum absolute atomic E-state index is 12.2. The Labute approximate surface area is 120 Å². The zero-order valence-corrected chi connectivity index (χ0v) is 12.3. The van der Waals surface area contributed by atoms with Gasteiger partial charge in [0.2, 0.25) is 5.91 Å². The van der Waals surface area contributed by atoms with Crippen LogP contribution in [0.1, 0.15) is 33.1 Å². The average molecular weight is 273 g/mol. The summed E-state index contributed by atoms with van der Waals surface area (Å²) in [6.45, 7) is 4.94. The molecule has 1 aromatic rings. The molecule has 0 radical (unpaired) electrons. The van der Waals surface area contributed by atoms with Crippen LogP contribution in [0.4, 0.5) is 5.69 Å². The van der Waals surface area contributed by atoms with Gasteiger partial charge in [0.05, 0.1) is 6.61 Å². The van der Waals surface area contributed by atoms with Crippen LogP contribution in [0.3, 0.4) is 0 Å². The smallest absolute Gasteiger partial charge is 0.227 e. The number of carbonyl (C=O) groups excluding carboxylic acids is 1. The second-order valence-corrected chi connectivity index (χ2v) is 6.65. The van der Waals surface area contributed by atoms with Crippen molar-refractivity contribution in [1.82, 2.24) is 0 Å². The van der Waals surface area contributed by atoms with E-state index in [1.54, 1.807) is 0 Å². The Morgan fingerprint density at radius 3 is 2.75 bits per heavy atom. The SMILES string of the molecule is CC(C)COc1cccc(NC(=O)C2CC3CC3C2)c1. The van der Waals surface area contributed by atoms with Crippen molar-refractivity contribution in [3.63, 3.8) is 0 Å². The molecule has 20 heavy (non-hydrogen) atoms. The molecule has 0 spiro atoms. The first-order chi connectivity index (χ1) is 9.61. The third-order valence-corrected chi connectivity index (χ3v) is 4.30. The molecule has 108 valence electrons. The summed E-state index contributed by atoms with van der Waals surface area (Å²) >= 11 is 0. The van der Waals surface area contributed by atoms with Crippen LogP contribution in [0.15, 0.2) is 24.3 Å². The predicted molar refractivity (Wildman–Crippen MR) is 79.7 cm³/mol. The molecule has 3 rings (SSSR count). The Morgan fingerprint density at radius 1 is 1.30 bits per heavy atom. The molecular formula is C17H23NO2. The fraction of sp³-hybridized carbons (Fsp3) is 0.588. The zero-order chi connectivity index (χ0) is 14.1. The van der Waals surface area contributed by atoms with Crippen molar-refractivity contribution in [2.24, 2.45) is 23.7 Å². The third kappa shape index (κ3) is 3.14. The molecule has 2 fully saturated rings. The summed E-state index contributed by atoms with van der Waals surface area (Å²) in [5.41, 5.74) is 0.844. The summed E-state index contributed by atoms with van der Waals surface area (Å²) in [5, 5.41) is 3.03. The van der Waals surface area contributed by atoms with Crippen molar-refractivity contribution in [2.45, 2.75) is 33.1 Å². The topological polar surface area (TPSA) is 38.3 Å². The van der Waals surface area contributed by atoms with Crippen LogP contribution in [0.2, 0.25) is 0 Å². The summed E-state index contributed by atoms with van der Waals surface area (Å²) in [6.07, 6.45) is 3.52. The van der Waals surface area contributed by atoms with Gasteiger partial charge in [-0.1, -0.05) is 19.9 Å². The van der Waals surface area contributed by atoms with Crippen molar-refractivity contribution < 1.29 is 9.53 Å². The van der Waals surface area contributed by atoms with Crippen LogP contribution in [-0.2, 0) is 4.79 Å². The first kappa shape index (κ1) is 13.5. The van der Waals surface area contributed by atoms with E-state index in [0.29, 0.717) is 12.5 Å². The molecule has 0 aromatic heterocycles. The lowest BCUT2D eigenvalue weighted by Crippen LogP contribution is -2.21. The Balaban J connectivity index is 1.56. The molecule has 3 nitrogen and oxygen atoms in total. The lowest BCUT2D eigenvalue weighted by molar-refractivity contribution is -0.120. The summed E-state index contributed by atoms with van der Waals surface area (Å²) < 4.78 is 5.69. The van der Waals surface area contributed by atoms with Gasteiger partial charge < -0.3 is 10.1 Å². The summed E-state index contributed by atoms with van der Waals surface area (Å²) in [4.78, 5) is 12.2. The normalized spacial score (nSPS) is 27.2. The maximum atomic E-state index is 12.2. The maximum Gasteiger partial charge on any atom is 0.227 e. The standard InChI is InChI=1S/C17H23NO2/c1-11(2)10-20-16-5-3-4-15(9-16)18-17(19)14-7-12-6-13(12)8-14/h3-5,9,11-14H,6-8,10H2,1-2H3,(H,18,19). The Kier molecular flexibility index (Phi) is 3.68. The molecule has 2 saturated carbocycles. The number of amides is 1. The molecule has 1 N–H and O–H groups in total. The first-order valence-corrected chi connectivity index (χ1v) is 7.65. The Bertz CT molecular complexity index is 488. The van der Waals surface area contributed by atoms with Gasteiger partial charge in [-0.3, -0.25) is 4.79 Å². The van der Waals surface area contributed by atoms with E-state index in [2.05, 4.69) is 19.2 Å². The van der Waals surface area contributed by atoms with E-state index in [0.717, 1.165) is 36.1 Å². The minimum Gasteiger partial charge on any atom is -0.493 e. The van der Waals surface area contributed by atoms with Crippen molar-refractivity contribution >= 4 is 11.6 Å². The van der Waals surface area contributed by atoms with Gasteiger partial charge in [0.1, 0.15) is 5.75 Å². The molecule has 1 aromatic carbocycles. The van der Waals surface area contributed by atoms with Crippen LogP contribution in [0, 0.1) is 23.7 Å². The van der Waals surface area contributed by atoms with Gasteiger partial charge in [0.25, 0.3) is 0 Å². The molecule has 0 aliphatic heterocycles. The van der Waals surface area contributed by atoms with Gasteiger partial charge in [-0.25, -0.2) is 0 Å². The zero-order valence-electron chi connectivity index (χ0n) is 12.3. The Hall–Kier alpha value is -1.51. The second kappa shape index (κ2) is 5.47. The molecule has 2 aliphatic carbocycles. The number of fused-ring (bicyclic) bond motifs is 1. The number of ether oxygens (including phenoxy) is 1. The van der Waals surface area contributed by atoms with Gasteiger partial charge in [0.15, 0.2) is 0 Å². The van der Waals surface area contributed by atoms with Crippen molar-refractivity contribution in [2.75, 3.05) is 11.9 Å². The monoisotopic (exact) mass is 273 g/mol. The molecular weight excluding hydrogens is 250 g/mol. The van der Waals surface area contributed by atoms with Crippen LogP contribution in [-0.4, -0.2) is 12.5 Å². The van der Waals surface area contributed by atoms with Gasteiger partial charge in [0, 0.05) is 17.7 Å². The fourth-order valence-electron chi connectivity index (χ4n) is 3.10. The van der Waals surface area contributed by atoms with E-state index >= 15 is 0 Å². The predicted octanol–water partition coefficient (Wildman–Crippen LogP) is 3.71. The van der Waals surface area contributed by atoms with Gasteiger partial charge in [-0.15, -0.1) is 0 Å². The van der Waals surface area contributed by atoms with Crippen molar-refractivity contribution in [1.29, 1.82) is 0 Å². The molecule has 0 bridgehead atoms. The van der Waals surface area contributed by atoms with Crippen LogP contribution < -0.4 is 10.1 Å². The second-order valence-electron chi connectivity index (χ2n) is 6.65. The van der Waals surface area contributed by atoms with E-state index in [1.165, 1.54) is 6.42 Å². The molecule has 2 atom stereocenters. The molecule has 2 unspecified atom stereocenters. The molecule has 0 saturated heterocycles. The summed E-state index contributed by atoms with van der Waals surface area (Å²) in [5.74, 6) is 3.40. The lowest BCUT2D eigenvalue weighted by Gasteiger charge is -2.14. The van der Waals surface area contributed by atoms with Gasteiger partial charge in [-0.2, -0.15) is 0 Å². The van der Waals surface area contributed by atoms with E-state index in [-0.39, 0.29) is 11.8 Å². The van der Waals surface area contributed by atoms with Crippen LogP contribution in [0.5, 0.6) is 5.75 Å². The quantitative estimate of drug-likeness (QED) is 0.888. The van der Waals surface area contributed by atoms with E-state index in [9.17, 15) is 4.79 Å². The number of carbonyl (C=O) groups is 1. The summed E-state index contributed by atoms with van der Waals surface area (Å²) in [6, 6.07) is 7.70. The number of hydrogen-bond donors (Lipinski definition) is 1. The molecule has 2 aliphatic rings. The molecule has 3 heteroatoms. The minimum atomic E-state index is 0.179. The van der Waals surface area contributed by atoms with Crippen molar-refractivity contribution in [3.8, 4) is 5.75 Å². The lowest BCUT2D eigenvalue weighted by atomic mass is 10.0. The number of anilines is 1. The highest BCUT2D eigenvalue weighted by molar-refractivity contribution is 5.93. The number of rotatable bonds is 5. The highest BCUT2D eigenvalue weighted by Crippen LogP contribution is 2.54. The largest absolute Gasteiger partial charge is 0.493 e.